The number of amides is 1. The maximum absolute atomic E-state index is 12.4. The number of hydrogen-bond acceptors (Lipinski definition) is 3. The molecule has 22 heavy (non-hydrogen) atoms. The molecule has 0 spiro atoms. The van der Waals surface area contributed by atoms with E-state index in [1.807, 2.05) is 25.7 Å². The second-order valence-corrected chi connectivity index (χ2v) is 7.46. The number of nitrogens with one attached hydrogen (secondary N) is 1. The number of nitrogens with zero attached hydrogens (tertiary/aromatic N) is 1. The van der Waals surface area contributed by atoms with Crippen LogP contribution in [0.15, 0.2) is 24.3 Å². The molecule has 2 rings (SSSR count). The summed E-state index contributed by atoms with van der Waals surface area (Å²) in [5.74, 6) is 0.0847. The Morgan fingerprint density at radius 1 is 1.32 bits per heavy atom. The lowest BCUT2D eigenvalue weighted by Gasteiger charge is -2.37. The molecule has 0 saturated carbocycles. The third-order valence-corrected chi connectivity index (χ3v) is 4.39. The van der Waals surface area contributed by atoms with E-state index in [-0.39, 0.29) is 11.3 Å². The van der Waals surface area contributed by atoms with Gasteiger partial charge in [-0.15, -0.1) is 0 Å². The standard InChI is InChI=1S/C18H29N3O/c1-13-6-5-7-15(12-13)20-14-8-10-21(11-9-14)17(22)16(19)18(2,3)4/h5-7,12,14,16,20H,8-11,19H2,1-4H3/t16-/m1/s1. The van der Waals surface area contributed by atoms with Gasteiger partial charge in [-0.3, -0.25) is 4.79 Å². The molecule has 0 aliphatic carbocycles. The highest BCUT2D eigenvalue weighted by Gasteiger charge is 2.32. The molecule has 1 fully saturated rings. The minimum atomic E-state index is -0.422. The summed E-state index contributed by atoms with van der Waals surface area (Å²) in [6, 6.07) is 8.43. The molecule has 1 aliphatic rings. The van der Waals surface area contributed by atoms with Crippen molar-refractivity contribution in [3.05, 3.63) is 29.8 Å². The van der Waals surface area contributed by atoms with Crippen molar-refractivity contribution < 1.29 is 4.79 Å². The van der Waals surface area contributed by atoms with Crippen molar-refractivity contribution >= 4 is 11.6 Å². The van der Waals surface area contributed by atoms with Crippen molar-refractivity contribution in [3.8, 4) is 0 Å². The quantitative estimate of drug-likeness (QED) is 0.902. The molecule has 1 aromatic rings. The number of piperidine rings is 1. The smallest absolute Gasteiger partial charge is 0.240 e. The van der Waals surface area contributed by atoms with Gasteiger partial charge in [-0.1, -0.05) is 32.9 Å². The molecule has 122 valence electrons. The highest BCUT2D eigenvalue weighted by atomic mass is 16.2. The molecule has 4 nitrogen and oxygen atoms in total. The minimum absolute atomic E-state index is 0.0847. The SMILES string of the molecule is Cc1cccc(NC2CCN(C(=O)[C@@H](N)C(C)(C)C)CC2)c1. The monoisotopic (exact) mass is 303 g/mol. The normalized spacial score (nSPS) is 18.1. The van der Waals surface area contributed by atoms with Crippen LogP contribution in [0.25, 0.3) is 0 Å². The number of carbonyl (C=O) groups excluding carboxylic acids is 1. The van der Waals surface area contributed by atoms with E-state index in [1.165, 1.54) is 5.56 Å². The summed E-state index contributed by atoms with van der Waals surface area (Å²) in [5, 5.41) is 3.57. The van der Waals surface area contributed by atoms with E-state index >= 15 is 0 Å². The number of hydrogen-bond donors (Lipinski definition) is 2. The van der Waals surface area contributed by atoms with Gasteiger partial charge in [0.25, 0.3) is 0 Å². The summed E-state index contributed by atoms with van der Waals surface area (Å²) in [6.07, 6.45) is 1.94. The van der Waals surface area contributed by atoms with E-state index in [9.17, 15) is 4.79 Å². The largest absolute Gasteiger partial charge is 0.382 e. The van der Waals surface area contributed by atoms with Crippen LogP contribution in [0.4, 0.5) is 5.69 Å². The van der Waals surface area contributed by atoms with Crippen LogP contribution in [0.3, 0.4) is 0 Å². The van der Waals surface area contributed by atoms with E-state index in [0.29, 0.717) is 6.04 Å². The van der Waals surface area contributed by atoms with Crippen LogP contribution in [0.5, 0.6) is 0 Å². The molecule has 1 aromatic carbocycles. The van der Waals surface area contributed by atoms with Gasteiger partial charge in [0, 0.05) is 24.8 Å². The molecule has 1 atom stereocenters. The summed E-state index contributed by atoms with van der Waals surface area (Å²) in [5.41, 5.74) is 8.33. The summed E-state index contributed by atoms with van der Waals surface area (Å²) >= 11 is 0. The van der Waals surface area contributed by atoms with Crippen molar-refractivity contribution in [2.75, 3.05) is 18.4 Å². The number of carbonyl (C=O) groups is 1. The van der Waals surface area contributed by atoms with Gasteiger partial charge in [-0.05, 0) is 42.9 Å². The molecule has 1 heterocycles. The Bertz CT molecular complexity index is 513. The van der Waals surface area contributed by atoms with Gasteiger partial charge in [-0.25, -0.2) is 0 Å². The number of anilines is 1. The molecule has 1 amide bonds. The lowest BCUT2D eigenvalue weighted by molar-refractivity contribution is -0.135. The fraction of sp³-hybridized carbons (Fsp3) is 0.611. The van der Waals surface area contributed by atoms with Crippen molar-refractivity contribution in [3.63, 3.8) is 0 Å². The van der Waals surface area contributed by atoms with Crippen molar-refractivity contribution in [2.45, 2.75) is 52.6 Å². The molecule has 0 radical (unpaired) electrons. The number of nitrogens with two attached hydrogens (primary N) is 1. The van der Waals surface area contributed by atoms with Gasteiger partial charge >= 0.3 is 0 Å². The summed E-state index contributed by atoms with van der Waals surface area (Å²) < 4.78 is 0. The predicted molar refractivity (Wildman–Crippen MR) is 91.8 cm³/mol. The third-order valence-electron chi connectivity index (χ3n) is 4.39. The fourth-order valence-corrected chi connectivity index (χ4v) is 2.78. The van der Waals surface area contributed by atoms with Crippen LogP contribution in [0.1, 0.15) is 39.2 Å². The number of benzene rings is 1. The first kappa shape index (κ1) is 16.8. The summed E-state index contributed by atoms with van der Waals surface area (Å²) in [4.78, 5) is 14.4. The zero-order valence-electron chi connectivity index (χ0n) is 14.2. The first-order valence-electron chi connectivity index (χ1n) is 8.15. The molecule has 0 unspecified atom stereocenters. The number of aryl methyl sites for hydroxylation is 1. The Morgan fingerprint density at radius 2 is 1.95 bits per heavy atom. The lowest BCUT2D eigenvalue weighted by Crippen LogP contribution is -2.53. The molecule has 1 saturated heterocycles. The molecular formula is C18H29N3O. The van der Waals surface area contributed by atoms with Gasteiger partial charge in [0.05, 0.1) is 6.04 Å². The molecule has 0 bridgehead atoms. The van der Waals surface area contributed by atoms with Crippen molar-refractivity contribution in [2.24, 2.45) is 11.1 Å². The highest BCUT2D eigenvalue weighted by molar-refractivity contribution is 5.82. The Kier molecular flexibility index (Phi) is 5.12. The van der Waals surface area contributed by atoms with E-state index in [2.05, 4.69) is 36.5 Å². The molecule has 3 N–H and O–H groups in total. The van der Waals surface area contributed by atoms with Crippen molar-refractivity contribution in [1.29, 1.82) is 0 Å². The third kappa shape index (κ3) is 4.23. The molecule has 4 heteroatoms. The number of rotatable bonds is 3. The topological polar surface area (TPSA) is 58.4 Å². The molecular weight excluding hydrogens is 274 g/mol. The van der Waals surface area contributed by atoms with Gasteiger partial charge in [0.15, 0.2) is 0 Å². The van der Waals surface area contributed by atoms with Gasteiger partial charge in [-0.2, -0.15) is 0 Å². The lowest BCUT2D eigenvalue weighted by atomic mass is 9.86. The second-order valence-electron chi connectivity index (χ2n) is 7.46. The van der Waals surface area contributed by atoms with Gasteiger partial charge in [0.2, 0.25) is 5.91 Å². The zero-order chi connectivity index (χ0) is 16.3. The predicted octanol–water partition coefficient (Wildman–Crippen LogP) is 2.77. The first-order valence-corrected chi connectivity index (χ1v) is 8.15. The second kappa shape index (κ2) is 6.69. The molecule has 0 aromatic heterocycles. The van der Waals surface area contributed by atoms with Gasteiger partial charge in [0.1, 0.15) is 0 Å². The Morgan fingerprint density at radius 3 is 2.50 bits per heavy atom. The van der Waals surface area contributed by atoms with Crippen LogP contribution in [-0.4, -0.2) is 36.0 Å². The maximum atomic E-state index is 12.4. The zero-order valence-corrected chi connectivity index (χ0v) is 14.2. The average Bonchev–Trinajstić information content (AvgIpc) is 2.45. The van der Waals surface area contributed by atoms with Crippen LogP contribution in [0.2, 0.25) is 0 Å². The summed E-state index contributed by atoms with van der Waals surface area (Å²) in [6.45, 7) is 9.71. The Balaban J connectivity index is 1.87. The maximum Gasteiger partial charge on any atom is 0.240 e. The Labute approximate surface area is 134 Å². The van der Waals surface area contributed by atoms with Crippen LogP contribution in [-0.2, 0) is 4.79 Å². The minimum Gasteiger partial charge on any atom is -0.382 e. The number of likely N-dealkylation sites (tertiary alicyclic amines) is 1. The Hall–Kier alpha value is -1.55. The highest BCUT2D eigenvalue weighted by Crippen LogP contribution is 2.22. The van der Waals surface area contributed by atoms with E-state index in [0.717, 1.165) is 31.6 Å². The van der Waals surface area contributed by atoms with Crippen LogP contribution < -0.4 is 11.1 Å². The van der Waals surface area contributed by atoms with Crippen molar-refractivity contribution in [1.82, 2.24) is 4.90 Å². The van der Waals surface area contributed by atoms with Crippen LogP contribution >= 0.6 is 0 Å². The van der Waals surface area contributed by atoms with E-state index in [1.54, 1.807) is 0 Å². The average molecular weight is 303 g/mol. The van der Waals surface area contributed by atoms with E-state index < -0.39 is 6.04 Å². The summed E-state index contributed by atoms with van der Waals surface area (Å²) in [7, 11) is 0. The fourth-order valence-electron chi connectivity index (χ4n) is 2.78. The van der Waals surface area contributed by atoms with Gasteiger partial charge < -0.3 is 16.0 Å². The van der Waals surface area contributed by atoms with Crippen LogP contribution in [0, 0.1) is 12.3 Å². The van der Waals surface area contributed by atoms with E-state index in [4.69, 9.17) is 5.73 Å². The first-order chi connectivity index (χ1) is 10.3. The molecule has 1 aliphatic heterocycles.